The van der Waals surface area contributed by atoms with Crippen LogP contribution in [0.3, 0.4) is 0 Å². The number of thioether (sulfide) groups is 2. The van der Waals surface area contributed by atoms with Gasteiger partial charge in [-0.05, 0) is 147 Å². The Morgan fingerprint density at radius 1 is 0.636 bits per heavy atom. The third-order valence-electron chi connectivity index (χ3n) is 22.8. The summed E-state index contributed by atoms with van der Waals surface area (Å²) < 4.78 is 26.5. The number of fused-ring (bicyclic) bond motifs is 14. The molecule has 0 unspecified atom stereocenters. The fourth-order valence-corrected chi connectivity index (χ4v) is 20.6. The van der Waals surface area contributed by atoms with Crippen LogP contribution in [0.15, 0.2) is 154 Å². The van der Waals surface area contributed by atoms with Gasteiger partial charge in [0.25, 0.3) is 5.69 Å². The summed E-state index contributed by atoms with van der Waals surface area (Å²) in [4.78, 5) is 64.6. The molecule has 4 aromatic rings. The van der Waals surface area contributed by atoms with E-state index < -0.39 is 93.8 Å². The van der Waals surface area contributed by atoms with Crippen LogP contribution in [-0.4, -0.2) is 97.3 Å². The van der Waals surface area contributed by atoms with E-state index in [1.165, 1.54) is 6.07 Å². The highest BCUT2D eigenvalue weighted by atomic mass is 32.2. The second-order valence-corrected chi connectivity index (χ2v) is 29.2. The van der Waals surface area contributed by atoms with Crippen molar-refractivity contribution in [2.24, 2.45) is 57.2 Å². The average Bonchev–Trinajstić information content (AvgIpc) is 1.48. The first-order valence-electron chi connectivity index (χ1n) is 30.8. The lowest BCUT2D eigenvalue weighted by molar-refractivity contribution is -0.384. The minimum Gasteiger partial charge on any atom is -0.399 e. The van der Waals surface area contributed by atoms with Gasteiger partial charge in [0.15, 0.2) is 46.9 Å². The van der Waals surface area contributed by atoms with Gasteiger partial charge in [0.1, 0.15) is 13.2 Å². The lowest BCUT2D eigenvalue weighted by Crippen LogP contribution is -2.63. The Labute approximate surface area is 520 Å². The number of nitrogen functional groups attached to an aromatic ring is 1. The first-order chi connectivity index (χ1) is 42.1. The van der Waals surface area contributed by atoms with E-state index in [-0.39, 0.29) is 58.5 Å². The van der Waals surface area contributed by atoms with E-state index in [2.05, 4.69) is 26.8 Å². The number of benzene rings is 4. The number of hydrogen-bond donors (Lipinski definition) is 5. The maximum Gasteiger partial charge on any atom is 0.269 e. The van der Waals surface area contributed by atoms with E-state index >= 15 is 0 Å². The molecular formula is C70H76N2O14S2. The fourth-order valence-electron chi connectivity index (χ4n) is 18.9. The number of rotatable bonds is 13. The number of Topliss-reactive ketones (excluding diaryl/α,β-unsaturated/α-hetero) is 2. The second-order valence-electron chi connectivity index (χ2n) is 27.1. The van der Waals surface area contributed by atoms with Crippen LogP contribution in [0.25, 0.3) is 0 Å². The number of nitro benzene ring substituents is 1. The number of hydrogen-bond acceptors (Lipinski definition) is 17. The standard InChI is InChI=1S/C35H37NO8S.C35H39NO6S/c1-33-13-12-24(38)15-22(33)8-11-26-27-16-30-35(29(40)18-37,34(27,2)17-28(39)31(26)33)44-32(43-30)21-6-9-25(10-7-21)45-19-20-4-3-5-23(14-20)36(41)42;1-33-13-12-24(38)15-22(33)8-11-26-27-16-30-35(29(40)18-37,34(27,2)17-28(39)31(26)33)42-32(41-30)21-6-9-25(10-7-21)43-19-20-4-3-5-23(36)14-20/h3-7,9-10,12-15,26-28,30-32,37,39H,8,11,16-19H2,1-2H3;3-7,9-10,12-15,26-28,30-32,37,39H,8,11,16-19,36H2,1-2H3/t2*26-,27-,28-,30+,31+,32+,33-,34-,35+/m00/s1. The summed E-state index contributed by atoms with van der Waals surface area (Å²) in [5, 5.41) is 55.2. The van der Waals surface area contributed by atoms with Crippen molar-refractivity contribution >= 4 is 58.0 Å². The monoisotopic (exact) mass is 1230 g/mol. The Morgan fingerprint density at radius 3 is 1.49 bits per heavy atom. The molecule has 4 aromatic carbocycles. The molecule has 0 bridgehead atoms. The molecule has 8 aliphatic carbocycles. The fraction of sp³-hybridized carbons (Fsp3) is 0.486. The van der Waals surface area contributed by atoms with Crippen LogP contribution in [0, 0.1) is 67.3 Å². The molecule has 0 aromatic heterocycles. The van der Waals surface area contributed by atoms with Gasteiger partial charge in [-0.1, -0.05) is 99.5 Å². The topological polar surface area (TPSA) is 255 Å². The molecule has 2 saturated heterocycles. The van der Waals surface area contributed by atoms with Crippen LogP contribution < -0.4 is 5.73 Å². The van der Waals surface area contributed by atoms with E-state index in [9.17, 15) is 49.7 Å². The number of aliphatic hydroxyl groups excluding tert-OH is 4. The van der Waals surface area contributed by atoms with Gasteiger partial charge in [0.05, 0.1) is 29.3 Å². The highest BCUT2D eigenvalue weighted by molar-refractivity contribution is 7.98. The third kappa shape index (κ3) is 9.63. The molecule has 2 heterocycles. The van der Waals surface area contributed by atoms with Crippen LogP contribution in [0.5, 0.6) is 0 Å². The summed E-state index contributed by atoms with van der Waals surface area (Å²) in [6, 6.07) is 30.2. The van der Waals surface area contributed by atoms with Crippen LogP contribution in [0.4, 0.5) is 11.4 Å². The highest BCUT2D eigenvalue weighted by Gasteiger charge is 2.78. The predicted molar refractivity (Wildman–Crippen MR) is 330 cm³/mol. The Kier molecular flexibility index (Phi) is 15.8. The van der Waals surface area contributed by atoms with Crippen LogP contribution in [-0.2, 0) is 49.6 Å². The predicted octanol–water partition coefficient (Wildman–Crippen LogP) is 10.7. The van der Waals surface area contributed by atoms with E-state index in [0.717, 1.165) is 80.3 Å². The van der Waals surface area contributed by atoms with Crippen LogP contribution in [0.1, 0.15) is 114 Å². The van der Waals surface area contributed by atoms with E-state index in [0.29, 0.717) is 31.4 Å². The molecule has 18 heteroatoms. The van der Waals surface area contributed by atoms with Gasteiger partial charge >= 0.3 is 0 Å². The molecule has 2 aliphatic heterocycles. The summed E-state index contributed by atoms with van der Waals surface area (Å²) in [5.74, 6) is 0.726. The lowest BCUT2D eigenvalue weighted by Gasteiger charge is -2.59. The number of nitrogens with zero attached hydrogens (tertiary/aromatic N) is 1. The number of carbonyl (C=O) groups excluding carboxylic acids is 4. The van der Waals surface area contributed by atoms with Crippen molar-refractivity contribution in [3.8, 4) is 0 Å². The molecule has 6 saturated carbocycles. The minimum absolute atomic E-state index is 0.00445. The quantitative estimate of drug-likeness (QED) is 0.0361. The molecule has 10 aliphatic rings. The molecule has 14 rings (SSSR count). The molecule has 0 amide bonds. The summed E-state index contributed by atoms with van der Waals surface area (Å²) in [6.45, 7) is 7.01. The van der Waals surface area contributed by atoms with Crippen molar-refractivity contribution in [1.82, 2.24) is 0 Å². The van der Waals surface area contributed by atoms with Gasteiger partial charge in [-0.3, -0.25) is 29.3 Å². The molecule has 462 valence electrons. The number of allylic oxidation sites excluding steroid dienone is 8. The van der Waals surface area contributed by atoms with Crippen molar-refractivity contribution in [1.29, 1.82) is 0 Å². The number of nitro groups is 1. The summed E-state index contributed by atoms with van der Waals surface area (Å²) in [7, 11) is 0. The Balaban J connectivity index is 0.000000162. The molecule has 6 N–H and O–H groups in total. The molecule has 18 atom stereocenters. The Bertz CT molecular complexity index is 3610. The zero-order valence-electron chi connectivity index (χ0n) is 49.8. The number of non-ortho nitro benzene ring substituents is 1. The molecule has 0 spiro atoms. The van der Waals surface area contributed by atoms with E-state index in [4.69, 9.17) is 24.7 Å². The normalized spacial score (nSPS) is 38.8. The van der Waals surface area contributed by atoms with E-state index in [1.54, 1.807) is 60.0 Å². The number of ether oxygens (including phenoxy) is 4. The van der Waals surface area contributed by atoms with Crippen molar-refractivity contribution in [3.05, 3.63) is 177 Å². The highest BCUT2D eigenvalue weighted by Crippen LogP contribution is 2.72. The molecule has 88 heavy (non-hydrogen) atoms. The largest absolute Gasteiger partial charge is 0.399 e. The van der Waals surface area contributed by atoms with Crippen molar-refractivity contribution in [3.63, 3.8) is 0 Å². The van der Waals surface area contributed by atoms with Gasteiger partial charge in [0, 0.05) is 83.7 Å². The third-order valence-corrected chi connectivity index (χ3v) is 24.9. The number of anilines is 1. The van der Waals surface area contributed by atoms with Crippen molar-refractivity contribution in [2.45, 2.75) is 149 Å². The average molecular weight is 1230 g/mol. The first-order valence-corrected chi connectivity index (χ1v) is 32.8. The number of aliphatic hydroxyl groups is 4. The van der Waals surface area contributed by atoms with Crippen molar-refractivity contribution in [2.75, 3.05) is 18.9 Å². The summed E-state index contributed by atoms with van der Waals surface area (Å²) >= 11 is 3.27. The maximum atomic E-state index is 13.7. The zero-order valence-corrected chi connectivity index (χ0v) is 51.5. The van der Waals surface area contributed by atoms with E-state index in [1.807, 2.05) is 91.9 Å². The minimum atomic E-state index is -1.39. The molecule has 8 fully saturated rings. The van der Waals surface area contributed by atoms with Gasteiger partial charge in [-0.25, -0.2) is 0 Å². The number of carbonyl (C=O) groups is 4. The van der Waals surface area contributed by atoms with Crippen molar-refractivity contribution < 1.29 is 63.5 Å². The number of ketones is 4. The van der Waals surface area contributed by atoms with Gasteiger partial charge in [-0.15, -0.1) is 23.5 Å². The van der Waals surface area contributed by atoms with Crippen LogP contribution >= 0.6 is 23.5 Å². The summed E-state index contributed by atoms with van der Waals surface area (Å²) in [6.07, 6.45) is 11.7. The SMILES string of the molecule is C[C@]12C=CC(=O)C=C1CC[C@@H]1[C@@H]2[C@@H](O)C[C@@]2(C)[C@H]1C[C@H]1O[C@@H](c3ccc(SCc4cccc(N)c4)cc3)O[C@]12C(=O)CO.C[C@]12C=CC(=O)C=C1CC[C@@H]1[C@@H]2[C@@H](O)C[C@@]2(C)[C@H]1C[C@H]1O[C@@H](c3ccc(SCc4cccc([N+](=O)[O-])c4)cc3)O[C@]12C(=O)CO. The molecule has 0 radical (unpaired) electrons. The molecule has 16 nitrogen and oxygen atoms in total. The van der Waals surface area contributed by atoms with Gasteiger partial charge < -0.3 is 45.1 Å². The zero-order chi connectivity index (χ0) is 61.9. The number of nitrogens with two attached hydrogens (primary N) is 1. The lowest BCUT2D eigenvalue weighted by atomic mass is 9.46. The Hall–Kier alpha value is -5.90. The summed E-state index contributed by atoms with van der Waals surface area (Å²) in [5.41, 5.74) is 7.41. The Morgan fingerprint density at radius 2 is 1.07 bits per heavy atom. The maximum absolute atomic E-state index is 13.7. The van der Waals surface area contributed by atoms with Gasteiger partial charge in [-0.2, -0.15) is 0 Å². The second kappa shape index (κ2) is 22.8. The van der Waals surface area contributed by atoms with Gasteiger partial charge in [0.2, 0.25) is 0 Å². The first kappa shape index (κ1) is 61.0. The smallest absolute Gasteiger partial charge is 0.269 e. The van der Waals surface area contributed by atoms with Crippen LogP contribution in [0.2, 0.25) is 0 Å². The molecular weight excluding hydrogens is 1160 g/mol.